The maximum Gasteiger partial charge on any atom is 0.225 e. The third-order valence-corrected chi connectivity index (χ3v) is 3.93. The van der Waals surface area contributed by atoms with Crippen molar-refractivity contribution in [2.45, 2.75) is 32.3 Å². The molecule has 116 valence electrons. The van der Waals surface area contributed by atoms with Crippen LogP contribution in [0.3, 0.4) is 0 Å². The molecule has 0 N–H and O–H groups in total. The van der Waals surface area contributed by atoms with E-state index in [1.807, 2.05) is 12.4 Å². The molecule has 22 heavy (non-hydrogen) atoms. The van der Waals surface area contributed by atoms with Crippen molar-refractivity contribution in [1.29, 1.82) is 0 Å². The highest BCUT2D eigenvalue weighted by molar-refractivity contribution is 6.29. The summed E-state index contributed by atoms with van der Waals surface area (Å²) in [4.78, 5) is 19.0. The van der Waals surface area contributed by atoms with E-state index in [4.69, 9.17) is 16.3 Å². The van der Waals surface area contributed by atoms with Crippen molar-refractivity contribution in [3.05, 3.63) is 35.5 Å². The Morgan fingerprint density at radius 1 is 1.18 bits per heavy atom. The van der Waals surface area contributed by atoms with Gasteiger partial charge >= 0.3 is 0 Å². The fourth-order valence-electron chi connectivity index (χ4n) is 2.42. The molecule has 6 nitrogen and oxygen atoms in total. The van der Waals surface area contributed by atoms with Crippen LogP contribution in [0.1, 0.15) is 25.3 Å². The van der Waals surface area contributed by atoms with Gasteiger partial charge in [0.05, 0.1) is 0 Å². The molecular weight excluding hydrogens is 302 g/mol. The van der Waals surface area contributed by atoms with Crippen LogP contribution in [-0.2, 0) is 6.42 Å². The number of hydrogen-bond donors (Lipinski definition) is 0. The Hall–Kier alpha value is -1.95. The molecule has 1 saturated heterocycles. The summed E-state index contributed by atoms with van der Waals surface area (Å²) >= 11 is 5.83. The molecule has 0 amide bonds. The van der Waals surface area contributed by atoms with Crippen LogP contribution in [0.25, 0.3) is 0 Å². The van der Waals surface area contributed by atoms with Gasteiger partial charge in [0.2, 0.25) is 11.8 Å². The number of ether oxygens (including phenoxy) is 1. The minimum atomic E-state index is 0.136. The van der Waals surface area contributed by atoms with Gasteiger partial charge in [-0.2, -0.15) is 0 Å². The second-order valence-electron chi connectivity index (χ2n) is 5.23. The molecule has 0 bridgehead atoms. The molecule has 2 aromatic rings. The average molecular weight is 320 g/mol. The molecule has 0 atom stereocenters. The Labute approximate surface area is 134 Å². The maximum absolute atomic E-state index is 5.85. The summed E-state index contributed by atoms with van der Waals surface area (Å²) in [6, 6.07) is 1.64. The van der Waals surface area contributed by atoms with E-state index in [0.29, 0.717) is 11.0 Å². The van der Waals surface area contributed by atoms with Gasteiger partial charge in [0, 0.05) is 44.4 Å². The quantitative estimate of drug-likeness (QED) is 0.807. The third kappa shape index (κ3) is 3.62. The van der Waals surface area contributed by atoms with E-state index in [9.17, 15) is 0 Å². The maximum atomic E-state index is 5.85. The lowest BCUT2D eigenvalue weighted by molar-refractivity contribution is 0.163. The normalized spacial score (nSPS) is 15.8. The van der Waals surface area contributed by atoms with Crippen LogP contribution in [-0.4, -0.2) is 39.1 Å². The highest BCUT2D eigenvalue weighted by Gasteiger charge is 2.22. The lowest BCUT2D eigenvalue weighted by Gasteiger charge is -2.31. The number of anilines is 1. The monoisotopic (exact) mass is 319 g/mol. The Morgan fingerprint density at radius 2 is 1.91 bits per heavy atom. The van der Waals surface area contributed by atoms with Crippen molar-refractivity contribution >= 4 is 17.5 Å². The Morgan fingerprint density at radius 3 is 2.55 bits per heavy atom. The standard InChI is InChI=1S/C15H18ClN5O/c1-2-11-8-17-15(18-9-11)21-5-3-12(4-6-21)22-14-7-13(16)19-10-20-14/h7-10,12H,2-6H2,1H3. The number of rotatable bonds is 4. The predicted octanol–water partition coefficient (Wildman–Crippen LogP) is 2.53. The molecule has 1 aliphatic rings. The first kappa shape index (κ1) is 15.0. The van der Waals surface area contributed by atoms with E-state index < -0.39 is 0 Å². The van der Waals surface area contributed by atoms with Crippen molar-refractivity contribution in [2.24, 2.45) is 0 Å². The SMILES string of the molecule is CCc1cnc(N2CCC(Oc3cc(Cl)ncn3)CC2)nc1. The summed E-state index contributed by atoms with van der Waals surface area (Å²) in [6.07, 6.45) is 8.10. The largest absolute Gasteiger partial charge is 0.474 e. The zero-order valence-electron chi connectivity index (χ0n) is 12.4. The van der Waals surface area contributed by atoms with Crippen LogP contribution < -0.4 is 9.64 Å². The second-order valence-corrected chi connectivity index (χ2v) is 5.62. The first-order valence-electron chi connectivity index (χ1n) is 7.44. The van der Waals surface area contributed by atoms with E-state index in [0.717, 1.165) is 43.9 Å². The van der Waals surface area contributed by atoms with Gasteiger partial charge in [-0.25, -0.2) is 19.9 Å². The van der Waals surface area contributed by atoms with E-state index in [1.54, 1.807) is 6.07 Å². The molecule has 1 fully saturated rings. The highest BCUT2D eigenvalue weighted by atomic mass is 35.5. The van der Waals surface area contributed by atoms with Crippen molar-refractivity contribution in [3.8, 4) is 5.88 Å². The number of halogens is 1. The summed E-state index contributed by atoms with van der Waals surface area (Å²) < 4.78 is 5.85. The first-order valence-corrected chi connectivity index (χ1v) is 7.82. The van der Waals surface area contributed by atoms with Crippen molar-refractivity contribution < 1.29 is 4.74 Å². The van der Waals surface area contributed by atoms with Gasteiger partial charge in [-0.1, -0.05) is 18.5 Å². The predicted molar refractivity (Wildman–Crippen MR) is 84.3 cm³/mol. The molecule has 0 saturated carbocycles. The number of aryl methyl sites for hydroxylation is 1. The Bertz CT molecular complexity index is 614. The summed E-state index contributed by atoms with van der Waals surface area (Å²) in [5.74, 6) is 1.32. The summed E-state index contributed by atoms with van der Waals surface area (Å²) in [5, 5.41) is 0.395. The van der Waals surface area contributed by atoms with Crippen molar-refractivity contribution in [2.75, 3.05) is 18.0 Å². The minimum Gasteiger partial charge on any atom is -0.474 e. The van der Waals surface area contributed by atoms with Gasteiger partial charge in [-0.15, -0.1) is 0 Å². The molecule has 0 spiro atoms. The van der Waals surface area contributed by atoms with Crippen LogP contribution >= 0.6 is 11.6 Å². The smallest absolute Gasteiger partial charge is 0.225 e. The van der Waals surface area contributed by atoms with E-state index in [2.05, 4.69) is 31.8 Å². The van der Waals surface area contributed by atoms with Gasteiger partial charge in [0.15, 0.2) is 0 Å². The van der Waals surface area contributed by atoms with E-state index in [1.165, 1.54) is 6.33 Å². The fraction of sp³-hybridized carbons (Fsp3) is 0.467. The number of hydrogen-bond acceptors (Lipinski definition) is 6. The topological polar surface area (TPSA) is 64.0 Å². The molecule has 3 rings (SSSR count). The van der Waals surface area contributed by atoms with Crippen LogP contribution in [0.15, 0.2) is 24.8 Å². The summed E-state index contributed by atoms with van der Waals surface area (Å²) in [7, 11) is 0. The van der Waals surface area contributed by atoms with Crippen molar-refractivity contribution in [3.63, 3.8) is 0 Å². The third-order valence-electron chi connectivity index (χ3n) is 3.72. The van der Waals surface area contributed by atoms with Crippen LogP contribution in [0.2, 0.25) is 5.15 Å². The van der Waals surface area contributed by atoms with Gasteiger partial charge in [-0.05, 0) is 12.0 Å². The molecular formula is C15H18ClN5O. The zero-order chi connectivity index (χ0) is 15.4. The molecule has 0 radical (unpaired) electrons. The average Bonchev–Trinajstić information content (AvgIpc) is 2.56. The Kier molecular flexibility index (Phi) is 4.68. The van der Waals surface area contributed by atoms with Gasteiger partial charge < -0.3 is 9.64 Å². The molecule has 1 aliphatic heterocycles. The minimum absolute atomic E-state index is 0.136. The fourth-order valence-corrected chi connectivity index (χ4v) is 2.56. The lowest BCUT2D eigenvalue weighted by atomic mass is 10.1. The first-order chi connectivity index (χ1) is 10.7. The molecule has 2 aromatic heterocycles. The summed E-state index contributed by atoms with van der Waals surface area (Å²) in [5.41, 5.74) is 1.16. The molecule has 0 aliphatic carbocycles. The molecule has 0 unspecified atom stereocenters. The van der Waals surface area contributed by atoms with Crippen LogP contribution in [0.4, 0.5) is 5.95 Å². The summed E-state index contributed by atoms with van der Waals surface area (Å²) in [6.45, 7) is 3.84. The highest BCUT2D eigenvalue weighted by Crippen LogP contribution is 2.20. The Balaban J connectivity index is 1.55. The molecule has 0 aromatic carbocycles. The van der Waals surface area contributed by atoms with Gasteiger partial charge in [-0.3, -0.25) is 0 Å². The lowest BCUT2D eigenvalue weighted by Crippen LogP contribution is -2.39. The van der Waals surface area contributed by atoms with E-state index in [-0.39, 0.29) is 6.10 Å². The van der Waals surface area contributed by atoms with Crippen LogP contribution in [0, 0.1) is 0 Å². The molecule has 3 heterocycles. The number of aromatic nitrogens is 4. The second kappa shape index (κ2) is 6.87. The molecule has 7 heteroatoms. The van der Waals surface area contributed by atoms with Gasteiger partial charge in [0.25, 0.3) is 0 Å². The van der Waals surface area contributed by atoms with Crippen molar-refractivity contribution in [1.82, 2.24) is 19.9 Å². The zero-order valence-corrected chi connectivity index (χ0v) is 13.2. The number of nitrogens with zero attached hydrogens (tertiary/aromatic N) is 5. The van der Waals surface area contributed by atoms with Gasteiger partial charge in [0.1, 0.15) is 17.6 Å². The number of piperidine rings is 1. The van der Waals surface area contributed by atoms with Crippen LogP contribution in [0.5, 0.6) is 5.88 Å². The van der Waals surface area contributed by atoms with E-state index >= 15 is 0 Å².